The number of hydrogen-bond donors (Lipinski definition) is 2. The van der Waals surface area contributed by atoms with Crippen molar-refractivity contribution in [1.29, 1.82) is 0 Å². The number of aryl methyl sites for hydroxylation is 2. The van der Waals surface area contributed by atoms with Crippen molar-refractivity contribution in [3.63, 3.8) is 0 Å². The zero-order valence-corrected chi connectivity index (χ0v) is 13.5. The van der Waals surface area contributed by atoms with Crippen LogP contribution in [-0.2, 0) is 18.9 Å². The molecule has 0 atom stereocenters. The number of rotatable bonds is 5. The van der Waals surface area contributed by atoms with E-state index in [0.717, 1.165) is 11.4 Å². The maximum Gasteiger partial charge on any atom is 0.0847 e. The van der Waals surface area contributed by atoms with Crippen LogP contribution in [0.3, 0.4) is 0 Å². The molecule has 0 fully saturated rings. The van der Waals surface area contributed by atoms with Gasteiger partial charge in [0, 0.05) is 23.9 Å². The van der Waals surface area contributed by atoms with Gasteiger partial charge in [-0.05, 0) is 18.6 Å². The Kier molecular flexibility index (Phi) is 4.94. The number of nitrogens with zero attached hydrogens (tertiary/aromatic N) is 2. The molecule has 0 aliphatic carbocycles. The third-order valence-corrected chi connectivity index (χ3v) is 4.64. The second kappa shape index (κ2) is 6.36. The minimum Gasteiger partial charge on any atom is -0.395 e. The van der Waals surface area contributed by atoms with E-state index < -0.39 is 5.41 Å². The van der Waals surface area contributed by atoms with Crippen LogP contribution in [-0.4, -0.2) is 33.2 Å². The van der Waals surface area contributed by atoms with Gasteiger partial charge in [-0.3, -0.25) is 4.68 Å². The molecule has 0 aliphatic heterocycles. The van der Waals surface area contributed by atoms with E-state index in [1.54, 1.807) is 17.8 Å². The number of halogens is 2. The molecule has 21 heavy (non-hydrogen) atoms. The number of benzene rings is 1. The van der Waals surface area contributed by atoms with E-state index in [0.29, 0.717) is 22.0 Å². The maximum atomic E-state index is 9.91. The first-order chi connectivity index (χ1) is 9.95. The van der Waals surface area contributed by atoms with Gasteiger partial charge in [-0.1, -0.05) is 41.4 Å². The van der Waals surface area contributed by atoms with Gasteiger partial charge in [-0.2, -0.15) is 5.10 Å². The molecule has 4 nitrogen and oxygen atoms in total. The first-order valence-corrected chi connectivity index (χ1v) is 7.35. The molecule has 0 amide bonds. The lowest BCUT2D eigenvalue weighted by molar-refractivity contribution is 0.115. The summed E-state index contributed by atoms with van der Waals surface area (Å²) in [5.41, 5.74) is 1.28. The van der Waals surface area contributed by atoms with Crippen LogP contribution in [0.15, 0.2) is 24.3 Å². The summed E-state index contributed by atoms with van der Waals surface area (Å²) < 4.78 is 1.68. The molecule has 2 N–H and O–H groups in total. The van der Waals surface area contributed by atoms with Crippen LogP contribution in [0.2, 0.25) is 10.0 Å². The Morgan fingerprint density at radius 1 is 1.19 bits per heavy atom. The lowest BCUT2D eigenvalue weighted by Gasteiger charge is -2.31. The topological polar surface area (TPSA) is 58.3 Å². The first kappa shape index (κ1) is 16.3. The summed E-state index contributed by atoms with van der Waals surface area (Å²) in [7, 11) is 1.79. The Bertz CT molecular complexity index is 637. The molecular formula is C15H18Cl2N2O2. The summed E-state index contributed by atoms with van der Waals surface area (Å²) in [6.07, 6.45) is 0.347. The van der Waals surface area contributed by atoms with Crippen molar-refractivity contribution in [3.8, 4) is 0 Å². The van der Waals surface area contributed by atoms with Crippen molar-refractivity contribution in [2.75, 3.05) is 13.2 Å². The molecule has 114 valence electrons. The highest BCUT2D eigenvalue weighted by atomic mass is 35.5. The maximum absolute atomic E-state index is 9.91. The van der Waals surface area contributed by atoms with E-state index in [-0.39, 0.29) is 13.2 Å². The van der Waals surface area contributed by atoms with Crippen LogP contribution >= 0.6 is 23.2 Å². The highest BCUT2D eigenvalue weighted by Gasteiger charge is 2.35. The lowest BCUT2D eigenvalue weighted by Crippen LogP contribution is -2.38. The predicted octanol–water partition coefficient (Wildman–Crippen LogP) is 2.50. The van der Waals surface area contributed by atoms with Crippen molar-refractivity contribution in [2.24, 2.45) is 7.05 Å². The second-order valence-corrected chi connectivity index (χ2v) is 6.01. The average molecular weight is 329 g/mol. The molecular weight excluding hydrogens is 311 g/mol. The van der Waals surface area contributed by atoms with E-state index in [4.69, 9.17) is 23.2 Å². The Balaban J connectivity index is 2.51. The van der Waals surface area contributed by atoms with Crippen molar-refractivity contribution < 1.29 is 10.2 Å². The summed E-state index contributed by atoms with van der Waals surface area (Å²) in [5.74, 6) is 0. The number of hydrogen-bond acceptors (Lipinski definition) is 3. The van der Waals surface area contributed by atoms with Gasteiger partial charge >= 0.3 is 0 Å². The number of aromatic nitrogens is 2. The number of aliphatic hydroxyl groups excluding tert-OH is 2. The molecule has 6 heteroatoms. The van der Waals surface area contributed by atoms with Crippen LogP contribution in [0.25, 0.3) is 0 Å². The van der Waals surface area contributed by atoms with Gasteiger partial charge in [0.25, 0.3) is 0 Å². The molecule has 0 unspecified atom stereocenters. The number of aliphatic hydroxyl groups is 2. The standard InChI is InChI=1S/C15H18Cl2N2O2/c1-10-14(17)13(19(2)18-10)7-15(8-20,9-21)11-5-3-4-6-12(11)16/h3-6,20-21H,7-9H2,1-2H3. The molecule has 2 aromatic rings. The highest BCUT2D eigenvalue weighted by Crippen LogP contribution is 2.35. The van der Waals surface area contributed by atoms with Crippen LogP contribution < -0.4 is 0 Å². The lowest BCUT2D eigenvalue weighted by atomic mass is 9.78. The molecule has 1 aromatic heterocycles. The molecule has 2 rings (SSSR count). The molecule has 1 heterocycles. The Labute approximate surface area is 133 Å². The fraction of sp³-hybridized carbons (Fsp3) is 0.400. The zero-order chi connectivity index (χ0) is 15.6. The van der Waals surface area contributed by atoms with Crippen molar-refractivity contribution in [3.05, 3.63) is 51.3 Å². The van der Waals surface area contributed by atoms with Crippen molar-refractivity contribution in [1.82, 2.24) is 9.78 Å². The SMILES string of the molecule is Cc1nn(C)c(CC(CO)(CO)c2ccccc2Cl)c1Cl. The van der Waals surface area contributed by atoms with Crippen LogP contribution in [0.1, 0.15) is 17.0 Å². The normalized spacial score (nSPS) is 11.9. The third-order valence-electron chi connectivity index (χ3n) is 3.82. The Morgan fingerprint density at radius 3 is 2.29 bits per heavy atom. The molecule has 0 saturated carbocycles. The summed E-state index contributed by atoms with van der Waals surface area (Å²) in [6.45, 7) is 1.34. The van der Waals surface area contributed by atoms with E-state index in [9.17, 15) is 10.2 Å². The molecule has 0 saturated heterocycles. The van der Waals surface area contributed by atoms with Gasteiger partial charge in [0.15, 0.2) is 0 Å². The smallest absolute Gasteiger partial charge is 0.0847 e. The molecule has 0 spiro atoms. The highest BCUT2D eigenvalue weighted by molar-refractivity contribution is 6.32. The van der Waals surface area contributed by atoms with Crippen LogP contribution in [0, 0.1) is 6.92 Å². The zero-order valence-electron chi connectivity index (χ0n) is 12.0. The van der Waals surface area contributed by atoms with Crippen molar-refractivity contribution in [2.45, 2.75) is 18.8 Å². The van der Waals surface area contributed by atoms with E-state index in [2.05, 4.69) is 5.10 Å². The monoisotopic (exact) mass is 328 g/mol. The largest absolute Gasteiger partial charge is 0.395 e. The Morgan fingerprint density at radius 2 is 1.81 bits per heavy atom. The van der Waals surface area contributed by atoms with Crippen LogP contribution in [0.5, 0.6) is 0 Å². The summed E-state index contributed by atoms with van der Waals surface area (Å²) >= 11 is 12.5. The second-order valence-electron chi connectivity index (χ2n) is 5.22. The van der Waals surface area contributed by atoms with Gasteiger partial charge in [0.1, 0.15) is 0 Å². The summed E-state index contributed by atoms with van der Waals surface area (Å²) in [6, 6.07) is 7.20. The first-order valence-electron chi connectivity index (χ1n) is 6.60. The molecule has 1 aromatic carbocycles. The fourth-order valence-corrected chi connectivity index (χ4v) is 3.07. The third kappa shape index (κ3) is 2.94. The molecule has 0 radical (unpaired) electrons. The minimum absolute atomic E-state index is 0.242. The van der Waals surface area contributed by atoms with Gasteiger partial charge in [-0.25, -0.2) is 0 Å². The quantitative estimate of drug-likeness (QED) is 0.886. The molecule has 0 aliphatic rings. The predicted molar refractivity (Wildman–Crippen MR) is 84.0 cm³/mol. The van der Waals surface area contributed by atoms with E-state index in [1.165, 1.54) is 0 Å². The van der Waals surface area contributed by atoms with Gasteiger partial charge in [-0.15, -0.1) is 0 Å². The van der Waals surface area contributed by atoms with Gasteiger partial charge < -0.3 is 10.2 Å². The van der Waals surface area contributed by atoms with E-state index >= 15 is 0 Å². The summed E-state index contributed by atoms with van der Waals surface area (Å²) in [5, 5.41) is 25.2. The average Bonchev–Trinajstić information content (AvgIpc) is 2.71. The van der Waals surface area contributed by atoms with Gasteiger partial charge in [0.2, 0.25) is 0 Å². The van der Waals surface area contributed by atoms with E-state index in [1.807, 2.05) is 25.1 Å². The van der Waals surface area contributed by atoms with Gasteiger partial charge in [0.05, 0.1) is 29.6 Å². The Hall–Kier alpha value is -1.07. The molecule has 0 bridgehead atoms. The fourth-order valence-electron chi connectivity index (χ4n) is 2.51. The van der Waals surface area contributed by atoms with Crippen molar-refractivity contribution >= 4 is 23.2 Å². The summed E-state index contributed by atoms with van der Waals surface area (Å²) in [4.78, 5) is 0. The van der Waals surface area contributed by atoms with Crippen LogP contribution in [0.4, 0.5) is 0 Å². The minimum atomic E-state index is -0.901.